The number of carbonyl (C=O) groups is 2. The van der Waals surface area contributed by atoms with Crippen molar-refractivity contribution in [1.29, 1.82) is 0 Å². The van der Waals surface area contributed by atoms with Crippen molar-refractivity contribution in [2.75, 3.05) is 20.8 Å². The van der Waals surface area contributed by atoms with Gasteiger partial charge in [-0.25, -0.2) is 4.79 Å². The van der Waals surface area contributed by atoms with Crippen molar-refractivity contribution in [3.05, 3.63) is 93.0 Å². The molecule has 2 heterocycles. The molecule has 0 atom stereocenters. The first-order valence-electron chi connectivity index (χ1n) is 12.4. The van der Waals surface area contributed by atoms with E-state index in [0.717, 1.165) is 10.1 Å². The van der Waals surface area contributed by atoms with Gasteiger partial charge in [-0.2, -0.15) is 0 Å². The summed E-state index contributed by atoms with van der Waals surface area (Å²) in [4.78, 5) is 51.5. The number of carbonyl (C=O) groups excluding carboxylic acids is 2. The molecular weight excluding hydrogens is 504 g/mol. The third-order valence-electron chi connectivity index (χ3n) is 6.22. The Morgan fingerprint density at radius 1 is 0.897 bits per heavy atom. The van der Waals surface area contributed by atoms with Gasteiger partial charge in [-0.05, 0) is 48.4 Å². The zero-order chi connectivity index (χ0) is 27.8. The van der Waals surface area contributed by atoms with Crippen LogP contribution in [0.15, 0.2) is 74.9 Å². The number of benzene rings is 2. The van der Waals surface area contributed by atoms with E-state index >= 15 is 0 Å². The Labute approximate surface area is 224 Å². The standard InChI is InChI=1S/C28H30N4O7/c1-37-23-10-9-19(16-24(23)38-2)11-13-29-26(34)18-32-22-8-4-3-7-21(22)27(35)31(28(32)36)14-12-25(33)30-17-20-6-5-15-39-20/h3-10,15-16H,11-14,17-18H2,1-2H3,(H,29,34)(H,30,33). The van der Waals surface area contributed by atoms with Gasteiger partial charge in [0, 0.05) is 19.5 Å². The molecule has 0 spiro atoms. The van der Waals surface area contributed by atoms with Crippen LogP contribution in [-0.4, -0.2) is 41.7 Å². The van der Waals surface area contributed by atoms with Gasteiger partial charge in [0.2, 0.25) is 11.8 Å². The van der Waals surface area contributed by atoms with Gasteiger partial charge in [0.15, 0.2) is 11.5 Å². The lowest BCUT2D eigenvalue weighted by Crippen LogP contribution is -2.43. The molecule has 0 saturated heterocycles. The van der Waals surface area contributed by atoms with Gasteiger partial charge < -0.3 is 24.5 Å². The number of hydrogen-bond acceptors (Lipinski definition) is 7. The Morgan fingerprint density at radius 3 is 2.44 bits per heavy atom. The van der Waals surface area contributed by atoms with Crippen LogP contribution in [0.4, 0.5) is 0 Å². The number of nitrogens with one attached hydrogen (secondary N) is 2. The highest BCUT2D eigenvalue weighted by Gasteiger charge is 2.16. The lowest BCUT2D eigenvalue weighted by molar-refractivity contribution is -0.122. The number of ether oxygens (including phenoxy) is 2. The van der Waals surface area contributed by atoms with Crippen LogP contribution >= 0.6 is 0 Å². The summed E-state index contributed by atoms with van der Waals surface area (Å²) in [5.41, 5.74) is 0.114. The van der Waals surface area contributed by atoms with Crippen LogP contribution in [0.2, 0.25) is 0 Å². The number of amides is 2. The molecule has 0 aliphatic heterocycles. The molecule has 11 heteroatoms. The van der Waals surface area contributed by atoms with Crippen LogP contribution in [0.25, 0.3) is 10.9 Å². The largest absolute Gasteiger partial charge is 0.493 e. The van der Waals surface area contributed by atoms with Crippen LogP contribution < -0.4 is 31.4 Å². The quantitative estimate of drug-likeness (QED) is 0.283. The summed E-state index contributed by atoms with van der Waals surface area (Å²) in [7, 11) is 3.11. The van der Waals surface area contributed by atoms with Crippen LogP contribution in [0.1, 0.15) is 17.7 Å². The minimum atomic E-state index is -0.660. The molecule has 39 heavy (non-hydrogen) atoms. The maximum absolute atomic E-state index is 13.3. The summed E-state index contributed by atoms with van der Waals surface area (Å²) >= 11 is 0. The zero-order valence-electron chi connectivity index (χ0n) is 21.8. The van der Waals surface area contributed by atoms with Gasteiger partial charge in [-0.15, -0.1) is 0 Å². The number of para-hydroxylation sites is 1. The number of aromatic nitrogens is 2. The fraction of sp³-hybridized carbons (Fsp3) is 0.286. The molecule has 0 saturated carbocycles. The molecule has 2 N–H and O–H groups in total. The molecule has 0 unspecified atom stereocenters. The molecule has 4 rings (SSSR count). The fourth-order valence-electron chi connectivity index (χ4n) is 4.20. The van der Waals surface area contributed by atoms with E-state index < -0.39 is 11.2 Å². The Morgan fingerprint density at radius 2 is 1.69 bits per heavy atom. The van der Waals surface area contributed by atoms with Crippen LogP contribution in [-0.2, 0) is 35.6 Å². The van der Waals surface area contributed by atoms with Gasteiger partial charge in [0.25, 0.3) is 5.56 Å². The first-order chi connectivity index (χ1) is 18.9. The molecule has 0 aliphatic carbocycles. The molecule has 11 nitrogen and oxygen atoms in total. The van der Waals surface area contributed by atoms with E-state index in [0.29, 0.717) is 35.7 Å². The van der Waals surface area contributed by atoms with Crippen LogP contribution in [0.5, 0.6) is 11.5 Å². The normalized spacial score (nSPS) is 10.8. The van der Waals surface area contributed by atoms with Crippen molar-refractivity contribution in [3.63, 3.8) is 0 Å². The monoisotopic (exact) mass is 534 g/mol. The predicted octanol–water partition coefficient (Wildman–Crippen LogP) is 1.84. The summed E-state index contributed by atoms with van der Waals surface area (Å²) < 4.78 is 18.0. The average molecular weight is 535 g/mol. The van der Waals surface area contributed by atoms with Crippen molar-refractivity contribution >= 4 is 22.7 Å². The van der Waals surface area contributed by atoms with Crippen molar-refractivity contribution in [3.8, 4) is 11.5 Å². The van der Waals surface area contributed by atoms with Crippen molar-refractivity contribution < 1.29 is 23.5 Å². The van der Waals surface area contributed by atoms with Gasteiger partial charge in [0.1, 0.15) is 12.3 Å². The highest BCUT2D eigenvalue weighted by Crippen LogP contribution is 2.27. The number of fused-ring (bicyclic) bond motifs is 1. The summed E-state index contributed by atoms with van der Waals surface area (Å²) in [6.45, 7) is 0.117. The highest BCUT2D eigenvalue weighted by molar-refractivity contribution is 5.81. The van der Waals surface area contributed by atoms with Gasteiger partial charge >= 0.3 is 5.69 Å². The Kier molecular flexibility index (Phi) is 8.82. The molecule has 4 aromatic rings. The zero-order valence-corrected chi connectivity index (χ0v) is 21.8. The lowest BCUT2D eigenvalue weighted by atomic mass is 10.1. The Balaban J connectivity index is 1.45. The second-order valence-corrected chi connectivity index (χ2v) is 8.74. The third-order valence-corrected chi connectivity index (χ3v) is 6.22. The number of rotatable bonds is 12. The first kappa shape index (κ1) is 27.2. The van der Waals surface area contributed by atoms with E-state index in [1.165, 1.54) is 10.8 Å². The van der Waals surface area contributed by atoms with E-state index in [-0.39, 0.29) is 43.3 Å². The van der Waals surface area contributed by atoms with Crippen LogP contribution in [0.3, 0.4) is 0 Å². The smallest absolute Gasteiger partial charge is 0.331 e. The molecule has 2 aromatic carbocycles. The molecule has 0 bridgehead atoms. The molecule has 0 aliphatic rings. The Hall–Kier alpha value is -4.80. The predicted molar refractivity (Wildman–Crippen MR) is 144 cm³/mol. The SMILES string of the molecule is COc1ccc(CCNC(=O)Cn2c(=O)n(CCC(=O)NCc3ccco3)c(=O)c3ccccc32)cc1OC. The molecule has 2 amide bonds. The van der Waals surface area contributed by atoms with E-state index in [2.05, 4.69) is 10.6 Å². The minimum Gasteiger partial charge on any atom is -0.493 e. The van der Waals surface area contributed by atoms with Gasteiger partial charge in [-0.1, -0.05) is 18.2 Å². The summed E-state index contributed by atoms with van der Waals surface area (Å²) in [6.07, 6.45) is 1.95. The van der Waals surface area contributed by atoms with E-state index in [9.17, 15) is 19.2 Å². The van der Waals surface area contributed by atoms with Crippen LogP contribution in [0, 0.1) is 0 Å². The molecule has 0 fully saturated rings. The number of hydrogen-bond donors (Lipinski definition) is 2. The maximum atomic E-state index is 13.3. The minimum absolute atomic E-state index is 0.0916. The second-order valence-electron chi connectivity index (χ2n) is 8.74. The molecule has 204 valence electrons. The van der Waals surface area contributed by atoms with Crippen molar-refractivity contribution in [2.24, 2.45) is 0 Å². The lowest BCUT2D eigenvalue weighted by Gasteiger charge is -2.14. The molecule has 0 radical (unpaired) electrons. The van der Waals surface area contributed by atoms with Crippen molar-refractivity contribution in [2.45, 2.75) is 32.5 Å². The number of furan rings is 1. The van der Waals surface area contributed by atoms with E-state index in [1.807, 2.05) is 12.1 Å². The second kappa shape index (κ2) is 12.6. The first-order valence-corrected chi connectivity index (χ1v) is 12.4. The Bertz CT molecular complexity index is 1570. The summed E-state index contributed by atoms with van der Waals surface area (Å²) in [6, 6.07) is 15.5. The fourth-order valence-corrected chi connectivity index (χ4v) is 4.20. The van der Waals surface area contributed by atoms with Gasteiger partial charge in [-0.3, -0.25) is 23.5 Å². The molecule has 2 aromatic heterocycles. The topological polar surface area (TPSA) is 134 Å². The van der Waals surface area contributed by atoms with E-state index in [4.69, 9.17) is 13.9 Å². The third kappa shape index (κ3) is 6.56. The summed E-state index contributed by atoms with van der Waals surface area (Å²) in [5.74, 6) is 1.07. The molecular formula is C28H30N4O7. The maximum Gasteiger partial charge on any atom is 0.331 e. The van der Waals surface area contributed by atoms with Crippen molar-refractivity contribution in [1.82, 2.24) is 19.8 Å². The summed E-state index contributed by atoms with van der Waals surface area (Å²) in [5, 5.41) is 5.80. The number of methoxy groups -OCH3 is 2. The average Bonchev–Trinajstić information content (AvgIpc) is 3.48. The van der Waals surface area contributed by atoms with Gasteiger partial charge in [0.05, 0.1) is 37.9 Å². The van der Waals surface area contributed by atoms with E-state index in [1.54, 1.807) is 56.7 Å². The number of nitrogens with zero attached hydrogens (tertiary/aromatic N) is 2. The highest BCUT2D eigenvalue weighted by atomic mass is 16.5.